The molecule has 9 heteroatoms. The summed E-state index contributed by atoms with van der Waals surface area (Å²) in [5.41, 5.74) is 3.94. The molecule has 0 atom stereocenters. The summed E-state index contributed by atoms with van der Waals surface area (Å²) in [5.74, 6) is -0.382. The number of fused-ring (bicyclic) bond motifs is 2. The van der Waals surface area contributed by atoms with Crippen molar-refractivity contribution >= 4 is 11.6 Å². The molecule has 2 aliphatic rings. The summed E-state index contributed by atoms with van der Waals surface area (Å²) in [7, 11) is 0. The van der Waals surface area contributed by atoms with Gasteiger partial charge in [0, 0.05) is 41.5 Å². The van der Waals surface area contributed by atoms with Crippen LogP contribution in [0.3, 0.4) is 0 Å². The third-order valence-corrected chi connectivity index (χ3v) is 6.78. The highest BCUT2D eigenvalue weighted by molar-refractivity contribution is 6.04. The van der Waals surface area contributed by atoms with Crippen LogP contribution < -0.4 is 5.32 Å². The molecule has 4 aromatic rings. The van der Waals surface area contributed by atoms with Crippen molar-refractivity contribution in [3.63, 3.8) is 0 Å². The number of halogens is 2. The summed E-state index contributed by atoms with van der Waals surface area (Å²) in [4.78, 5) is 13.3. The minimum absolute atomic E-state index is 0.309. The molecule has 2 aromatic carbocycles. The van der Waals surface area contributed by atoms with Crippen molar-refractivity contribution in [3.8, 4) is 17.1 Å². The highest BCUT2D eigenvalue weighted by Gasteiger charge is 2.27. The number of amides is 1. The zero-order valence-corrected chi connectivity index (χ0v) is 19.1. The van der Waals surface area contributed by atoms with Gasteiger partial charge in [0.15, 0.2) is 23.2 Å². The molecule has 3 heterocycles. The van der Waals surface area contributed by atoms with Crippen LogP contribution in [0.2, 0.25) is 0 Å². The van der Waals surface area contributed by atoms with E-state index in [0.717, 1.165) is 79.3 Å². The second kappa shape index (κ2) is 8.72. The zero-order valence-electron chi connectivity index (χ0n) is 19.1. The Labute approximate surface area is 200 Å². The first-order valence-corrected chi connectivity index (χ1v) is 12.0. The van der Waals surface area contributed by atoms with Crippen molar-refractivity contribution in [3.05, 3.63) is 76.9 Å². The smallest absolute Gasteiger partial charge is 0.276 e. The summed E-state index contributed by atoms with van der Waals surface area (Å²) in [5, 5.41) is 16.2. The SMILES string of the molecule is O=C(Nc1cccc(-c2nnc3n2CCCCC3)c1)c1nn(-c2ccc(F)c(F)c2)c2c1CCC2. The van der Waals surface area contributed by atoms with E-state index in [0.29, 0.717) is 23.5 Å². The van der Waals surface area contributed by atoms with E-state index in [4.69, 9.17) is 0 Å². The van der Waals surface area contributed by atoms with Gasteiger partial charge in [0.05, 0.1) is 5.69 Å². The second-order valence-electron chi connectivity index (χ2n) is 9.07. The Kier molecular flexibility index (Phi) is 5.39. The highest BCUT2D eigenvalue weighted by Crippen LogP contribution is 2.30. The van der Waals surface area contributed by atoms with E-state index < -0.39 is 11.6 Å². The minimum atomic E-state index is -0.945. The van der Waals surface area contributed by atoms with E-state index in [-0.39, 0.29) is 5.91 Å². The molecule has 2 aromatic heterocycles. The lowest BCUT2D eigenvalue weighted by atomic mass is 10.1. The minimum Gasteiger partial charge on any atom is -0.321 e. The standard InChI is InChI=1S/C26H24F2N6O/c27-20-12-11-18(15-21(20)28)34-22-9-5-8-19(22)24(32-34)26(35)29-17-7-4-6-16(14-17)25-31-30-23-10-2-1-3-13-33(23)25/h4,6-7,11-12,14-15H,1-3,5,8-10,13H2,(H,29,35). The van der Waals surface area contributed by atoms with Crippen LogP contribution in [-0.2, 0) is 25.8 Å². The summed E-state index contributed by atoms with van der Waals surface area (Å²) in [6.07, 6.45) is 6.64. The van der Waals surface area contributed by atoms with Crippen molar-refractivity contribution in [2.24, 2.45) is 0 Å². The van der Waals surface area contributed by atoms with Crippen LogP contribution >= 0.6 is 0 Å². The van der Waals surface area contributed by atoms with Crippen LogP contribution in [0.5, 0.6) is 0 Å². The van der Waals surface area contributed by atoms with E-state index in [2.05, 4.69) is 25.2 Å². The lowest BCUT2D eigenvalue weighted by molar-refractivity contribution is 0.102. The van der Waals surface area contributed by atoms with Crippen LogP contribution in [0, 0.1) is 11.6 Å². The van der Waals surface area contributed by atoms with Gasteiger partial charge in [-0.1, -0.05) is 18.6 Å². The number of nitrogens with one attached hydrogen (secondary N) is 1. The number of rotatable bonds is 4. The van der Waals surface area contributed by atoms with E-state index in [1.807, 2.05) is 24.3 Å². The van der Waals surface area contributed by atoms with Gasteiger partial charge in [-0.15, -0.1) is 10.2 Å². The van der Waals surface area contributed by atoms with Crippen LogP contribution in [0.25, 0.3) is 17.1 Å². The molecule has 0 radical (unpaired) electrons. The van der Waals surface area contributed by atoms with Gasteiger partial charge in [0.25, 0.3) is 5.91 Å². The van der Waals surface area contributed by atoms with Crippen molar-refractivity contribution in [1.82, 2.24) is 24.5 Å². The monoisotopic (exact) mass is 474 g/mol. The number of carbonyl (C=O) groups is 1. The van der Waals surface area contributed by atoms with Gasteiger partial charge < -0.3 is 9.88 Å². The van der Waals surface area contributed by atoms with E-state index >= 15 is 0 Å². The van der Waals surface area contributed by atoms with Crippen LogP contribution in [0.4, 0.5) is 14.5 Å². The fourth-order valence-electron chi connectivity index (χ4n) is 5.08. The van der Waals surface area contributed by atoms with Gasteiger partial charge in [-0.3, -0.25) is 4.79 Å². The molecule has 0 unspecified atom stereocenters. The Morgan fingerprint density at radius 1 is 0.914 bits per heavy atom. The Morgan fingerprint density at radius 2 is 1.83 bits per heavy atom. The summed E-state index contributed by atoms with van der Waals surface area (Å²) in [6.45, 7) is 0.891. The van der Waals surface area contributed by atoms with Gasteiger partial charge in [-0.2, -0.15) is 5.10 Å². The van der Waals surface area contributed by atoms with Crippen LogP contribution in [0.1, 0.15) is 53.3 Å². The Morgan fingerprint density at radius 3 is 2.71 bits per heavy atom. The third kappa shape index (κ3) is 3.90. The van der Waals surface area contributed by atoms with E-state index in [1.54, 1.807) is 4.68 Å². The molecule has 0 fully saturated rings. The average Bonchev–Trinajstić information content (AvgIpc) is 3.53. The first-order valence-electron chi connectivity index (χ1n) is 12.0. The first-order chi connectivity index (χ1) is 17.1. The second-order valence-corrected chi connectivity index (χ2v) is 9.07. The third-order valence-electron chi connectivity index (χ3n) is 6.78. The average molecular weight is 475 g/mol. The first kappa shape index (κ1) is 21.6. The number of aromatic nitrogens is 5. The molecule has 178 valence electrons. The lowest BCUT2D eigenvalue weighted by Gasteiger charge is -2.09. The van der Waals surface area contributed by atoms with Gasteiger partial charge >= 0.3 is 0 Å². The number of anilines is 1. The molecule has 6 rings (SSSR count). The summed E-state index contributed by atoms with van der Waals surface area (Å²) < 4.78 is 31.0. The molecule has 1 N–H and O–H groups in total. The normalized spacial score (nSPS) is 14.9. The molecule has 0 saturated carbocycles. The molecule has 35 heavy (non-hydrogen) atoms. The maximum absolute atomic E-state index is 13.8. The number of benzene rings is 2. The van der Waals surface area contributed by atoms with Crippen molar-refractivity contribution in [2.45, 2.75) is 51.5 Å². The van der Waals surface area contributed by atoms with Gasteiger partial charge in [0.2, 0.25) is 0 Å². The van der Waals surface area contributed by atoms with Crippen molar-refractivity contribution in [2.75, 3.05) is 5.32 Å². The Hall–Kier alpha value is -3.88. The van der Waals surface area contributed by atoms with E-state index in [9.17, 15) is 13.6 Å². The maximum Gasteiger partial charge on any atom is 0.276 e. The molecule has 7 nitrogen and oxygen atoms in total. The number of nitrogens with zero attached hydrogens (tertiary/aromatic N) is 5. The maximum atomic E-state index is 13.8. The molecule has 1 aliphatic heterocycles. The fourth-order valence-corrected chi connectivity index (χ4v) is 5.08. The lowest BCUT2D eigenvalue weighted by Crippen LogP contribution is -2.15. The molecule has 0 spiro atoms. The largest absolute Gasteiger partial charge is 0.321 e. The van der Waals surface area contributed by atoms with Gasteiger partial charge in [-0.25, -0.2) is 13.5 Å². The number of hydrogen-bond acceptors (Lipinski definition) is 4. The van der Waals surface area contributed by atoms with Crippen molar-refractivity contribution in [1.29, 1.82) is 0 Å². The number of aryl methyl sites for hydroxylation is 1. The predicted octanol–water partition coefficient (Wildman–Crippen LogP) is 4.88. The van der Waals surface area contributed by atoms with Crippen LogP contribution in [0.15, 0.2) is 42.5 Å². The van der Waals surface area contributed by atoms with Gasteiger partial charge in [-0.05, 0) is 56.4 Å². The molecule has 0 saturated heterocycles. The quantitative estimate of drug-likeness (QED) is 0.458. The topological polar surface area (TPSA) is 77.6 Å². The van der Waals surface area contributed by atoms with Crippen LogP contribution in [-0.4, -0.2) is 30.5 Å². The molecule has 0 bridgehead atoms. The Bertz CT molecular complexity index is 1440. The van der Waals surface area contributed by atoms with Crippen molar-refractivity contribution < 1.29 is 13.6 Å². The Balaban J connectivity index is 1.29. The fraction of sp³-hybridized carbons (Fsp3) is 0.308. The molecule has 1 aliphatic carbocycles. The zero-order chi connectivity index (χ0) is 23.9. The molecular formula is C26H24F2N6O. The number of hydrogen-bond donors (Lipinski definition) is 1. The number of carbonyl (C=O) groups excluding carboxylic acids is 1. The van der Waals surface area contributed by atoms with E-state index in [1.165, 1.54) is 12.5 Å². The summed E-state index contributed by atoms with van der Waals surface area (Å²) in [6, 6.07) is 11.2. The highest BCUT2D eigenvalue weighted by atomic mass is 19.2. The summed E-state index contributed by atoms with van der Waals surface area (Å²) >= 11 is 0. The molecular weight excluding hydrogens is 450 g/mol. The predicted molar refractivity (Wildman–Crippen MR) is 126 cm³/mol. The molecule has 1 amide bonds. The van der Waals surface area contributed by atoms with Gasteiger partial charge in [0.1, 0.15) is 5.82 Å².